The molecular weight excluding hydrogens is 276 g/mol. The molecule has 1 saturated heterocycles. The molecule has 0 saturated carbocycles. The maximum absolute atomic E-state index is 12.3. The first-order valence-electron chi connectivity index (χ1n) is 6.75. The predicted octanol–water partition coefficient (Wildman–Crippen LogP) is 2.84. The Hall–Kier alpha value is -1.55. The van der Waals surface area contributed by atoms with E-state index in [0.29, 0.717) is 17.3 Å². The fraction of sp³-hybridized carbons (Fsp3) is 0.467. The van der Waals surface area contributed by atoms with Gasteiger partial charge in [-0.25, -0.2) is 0 Å². The minimum atomic E-state index is -0.289. The lowest BCUT2D eigenvalue weighted by Gasteiger charge is -2.20. The van der Waals surface area contributed by atoms with Crippen molar-refractivity contribution >= 4 is 29.1 Å². The second kappa shape index (κ2) is 5.83. The van der Waals surface area contributed by atoms with Gasteiger partial charge in [-0.15, -0.1) is 0 Å². The normalized spacial score (nSPS) is 18.8. The maximum Gasteiger partial charge on any atom is 0.229 e. The number of carbonyl (C=O) groups is 2. The Labute approximate surface area is 124 Å². The van der Waals surface area contributed by atoms with E-state index in [1.54, 1.807) is 17.0 Å². The topological polar surface area (TPSA) is 49.4 Å². The average molecular weight is 295 g/mol. The number of nitrogens with one attached hydrogen (secondary N) is 1. The Balaban J connectivity index is 2.06. The highest BCUT2D eigenvalue weighted by molar-refractivity contribution is 6.31. The Morgan fingerprint density at radius 2 is 2.15 bits per heavy atom. The molecular formula is C15H19ClN2O2. The number of anilines is 1. The highest BCUT2D eigenvalue weighted by Crippen LogP contribution is 2.25. The number of likely N-dealkylation sites (tertiary alicyclic amines) is 1. The molecule has 1 heterocycles. The lowest BCUT2D eigenvalue weighted by molar-refractivity contribution is -0.129. The summed E-state index contributed by atoms with van der Waals surface area (Å²) in [6.07, 6.45) is 0.281. The van der Waals surface area contributed by atoms with Gasteiger partial charge in [-0.1, -0.05) is 17.7 Å². The molecule has 0 aliphatic carbocycles. The molecule has 1 aromatic rings. The van der Waals surface area contributed by atoms with Crippen LogP contribution in [0.2, 0.25) is 5.02 Å². The van der Waals surface area contributed by atoms with Gasteiger partial charge in [0.2, 0.25) is 11.8 Å². The highest BCUT2D eigenvalue weighted by atomic mass is 35.5. The van der Waals surface area contributed by atoms with E-state index in [9.17, 15) is 9.59 Å². The highest BCUT2D eigenvalue weighted by Gasteiger charge is 2.35. The van der Waals surface area contributed by atoms with E-state index >= 15 is 0 Å². The van der Waals surface area contributed by atoms with E-state index in [1.165, 1.54) is 0 Å². The molecule has 108 valence electrons. The van der Waals surface area contributed by atoms with Crippen molar-refractivity contribution < 1.29 is 9.59 Å². The van der Waals surface area contributed by atoms with Crippen LogP contribution in [-0.2, 0) is 9.59 Å². The zero-order chi connectivity index (χ0) is 14.9. The summed E-state index contributed by atoms with van der Waals surface area (Å²) < 4.78 is 0. The van der Waals surface area contributed by atoms with Crippen LogP contribution in [0.15, 0.2) is 18.2 Å². The van der Waals surface area contributed by atoms with Crippen molar-refractivity contribution in [2.75, 3.05) is 11.9 Å². The van der Waals surface area contributed by atoms with Gasteiger partial charge < -0.3 is 10.2 Å². The van der Waals surface area contributed by atoms with Crippen molar-refractivity contribution in [3.8, 4) is 0 Å². The Morgan fingerprint density at radius 1 is 1.45 bits per heavy atom. The molecule has 0 spiro atoms. The van der Waals surface area contributed by atoms with E-state index < -0.39 is 0 Å². The van der Waals surface area contributed by atoms with Crippen LogP contribution >= 0.6 is 11.6 Å². The van der Waals surface area contributed by atoms with Crippen molar-refractivity contribution in [2.24, 2.45) is 5.92 Å². The van der Waals surface area contributed by atoms with Gasteiger partial charge in [-0.2, -0.15) is 0 Å². The Kier molecular flexibility index (Phi) is 4.33. The van der Waals surface area contributed by atoms with Gasteiger partial charge in [-0.3, -0.25) is 9.59 Å². The molecule has 1 atom stereocenters. The third kappa shape index (κ3) is 2.96. The molecule has 4 nitrogen and oxygen atoms in total. The number of amides is 2. The number of nitrogens with zero attached hydrogens (tertiary/aromatic N) is 1. The summed E-state index contributed by atoms with van der Waals surface area (Å²) in [5.41, 5.74) is 1.55. The molecule has 1 aliphatic rings. The average Bonchev–Trinajstić information content (AvgIpc) is 2.77. The minimum Gasteiger partial charge on any atom is -0.339 e. The summed E-state index contributed by atoms with van der Waals surface area (Å²) in [6, 6.07) is 5.53. The molecule has 0 aromatic heterocycles. The summed E-state index contributed by atoms with van der Waals surface area (Å²) in [4.78, 5) is 25.8. The quantitative estimate of drug-likeness (QED) is 0.932. The monoisotopic (exact) mass is 294 g/mol. The van der Waals surface area contributed by atoms with Gasteiger partial charge in [-0.05, 0) is 38.5 Å². The van der Waals surface area contributed by atoms with Crippen molar-refractivity contribution in [3.05, 3.63) is 28.8 Å². The SMILES string of the molecule is Cc1c(Cl)cccc1NC(=O)[C@H]1CC(=O)N(C(C)C)C1. The van der Waals surface area contributed by atoms with E-state index in [1.807, 2.05) is 26.8 Å². The first-order valence-corrected chi connectivity index (χ1v) is 7.13. The third-order valence-corrected chi connectivity index (χ3v) is 4.09. The van der Waals surface area contributed by atoms with Crippen molar-refractivity contribution in [1.29, 1.82) is 0 Å². The van der Waals surface area contributed by atoms with Crippen molar-refractivity contribution in [3.63, 3.8) is 0 Å². The molecule has 1 aromatic carbocycles. The number of hydrogen-bond donors (Lipinski definition) is 1. The molecule has 1 N–H and O–H groups in total. The van der Waals surface area contributed by atoms with Crippen LogP contribution in [0.4, 0.5) is 5.69 Å². The van der Waals surface area contributed by atoms with Crippen LogP contribution in [0, 0.1) is 12.8 Å². The molecule has 0 unspecified atom stereocenters. The van der Waals surface area contributed by atoms with E-state index in [4.69, 9.17) is 11.6 Å². The lowest BCUT2D eigenvalue weighted by atomic mass is 10.1. The zero-order valence-corrected chi connectivity index (χ0v) is 12.7. The van der Waals surface area contributed by atoms with Gasteiger partial charge in [0.1, 0.15) is 0 Å². The fourth-order valence-electron chi connectivity index (χ4n) is 2.38. The molecule has 1 fully saturated rings. The summed E-state index contributed by atoms with van der Waals surface area (Å²) in [5.74, 6) is -0.363. The molecule has 20 heavy (non-hydrogen) atoms. The Bertz CT molecular complexity index is 543. The number of benzene rings is 1. The van der Waals surface area contributed by atoms with E-state index in [0.717, 1.165) is 5.56 Å². The van der Waals surface area contributed by atoms with Crippen molar-refractivity contribution in [1.82, 2.24) is 4.90 Å². The van der Waals surface area contributed by atoms with Crippen LogP contribution in [0.25, 0.3) is 0 Å². The van der Waals surface area contributed by atoms with Gasteiger partial charge in [0.05, 0.1) is 5.92 Å². The van der Waals surface area contributed by atoms with Crippen LogP contribution in [0.1, 0.15) is 25.8 Å². The number of rotatable bonds is 3. The molecule has 2 amide bonds. The van der Waals surface area contributed by atoms with Crippen LogP contribution < -0.4 is 5.32 Å². The minimum absolute atomic E-state index is 0.0444. The largest absolute Gasteiger partial charge is 0.339 e. The number of halogens is 1. The predicted molar refractivity (Wildman–Crippen MR) is 79.8 cm³/mol. The van der Waals surface area contributed by atoms with E-state index in [2.05, 4.69) is 5.32 Å². The zero-order valence-electron chi connectivity index (χ0n) is 11.9. The van der Waals surface area contributed by atoms with E-state index in [-0.39, 0.29) is 30.2 Å². The second-order valence-electron chi connectivity index (χ2n) is 5.44. The smallest absolute Gasteiger partial charge is 0.229 e. The van der Waals surface area contributed by atoms with Gasteiger partial charge in [0, 0.05) is 29.7 Å². The first-order chi connectivity index (χ1) is 9.40. The van der Waals surface area contributed by atoms with Gasteiger partial charge in [0.15, 0.2) is 0 Å². The molecule has 0 bridgehead atoms. The number of hydrogen-bond acceptors (Lipinski definition) is 2. The van der Waals surface area contributed by atoms with Crippen LogP contribution in [0.3, 0.4) is 0 Å². The Morgan fingerprint density at radius 3 is 2.75 bits per heavy atom. The summed E-state index contributed by atoms with van der Waals surface area (Å²) in [6.45, 7) is 6.26. The molecule has 2 rings (SSSR count). The summed E-state index contributed by atoms with van der Waals surface area (Å²) in [7, 11) is 0. The standard InChI is InChI=1S/C15H19ClN2O2/c1-9(2)18-8-11(7-14(18)19)15(20)17-13-6-4-5-12(16)10(13)3/h4-6,9,11H,7-8H2,1-3H3,(H,17,20)/t11-/m0/s1. The van der Waals surface area contributed by atoms with Crippen LogP contribution in [-0.4, -0.2) is 29.3 Å². The summed E-state index contributed by atoms with van der Waals surface area (Å²) >= 11 is 6.03. The number of carbonyl (C=O) groups excluding carboxylic acids is 2. The lowest BCUT2D eigenvalue weighted by Crippen LogP contribution is -2.33. The van der Waals surface area contributed by atoms with Gasteiger partial charge >= 0.3 is 0 Å². The fourth-order valence-corrected chi connectivity index (χ4v) is 2.56. The molecule has 0 radical (unpaired) electrons. The summed E-state index contributed by atoms with van der Waals surface area (Å²) in [5, 5.41) is 3.49. The van der Waals surface area contributed by atoms with Gasteiger partial charge in [0.25, 0.3) is 0 Å². The van der Waals surface area contributed by atoms with Crippen LogP contribution in [0.5, 0.6) is 0 Å². The third-order valence-electron chi connectivity index (χ3n) is 3.68. The molecule has 1 aliphatic heterocycles. The van der Waals surface area contributed by atoms with Crippen molar-refractivity contribution in [2.45, 2.75) is 33.2 Å². The second-order valence-corrected chi connectivity index (χ2v) is 5.85. The first kappa shape index (κ1) is 14.9. The maximum atomic E-state index is 12.3. The molecule has 5 heteroatoms.